The number of hydrogen-bond donors (Lipinski definition) is 1. The molecule has 0 aromatic carbocycles. The van der Waals surface area contributed by atoms with Gasteiger partial charge in [-0.3, -0.25) is 9.78 Å². The number of pyridine rings is 1. The normalized spacial score (nSPS) is 10.0. The number of carbonyl (C=O) groups is 1. The molecular formula is C9H10FNO2. The van der Waals surface area contributed by atoms with Crippen LogP contribution in [-0.4, -0.2) is 22.5 Å². The van der Waals surface area contributed by atoms with E-state index in [1.807, 2.05) is 0 Å². The van der Waals surface area contributed by atoms with Crippen LogP contribution in [0, 0.1) is 5.82 Å². The first-order valence-corrected chi connectivity index (χ1v) is 3.98. The van der Waals surface area contributed by atoms with Crippen molar-refractivity contribution in [1.29, 1.82) is 0 Å². The van der Waals surface area contributed by atoms with E-state index in [0.717, 1.165) is 12.3 Å². The van der Waals surface area contributed by atoms with E-state index in [0.29, 0.717) is 6.42 Å². The van der Waals surface area contributed by atoms with Crippen molar-refractivity contribution in [2.75, 3.05) is 6.61 Å². The van der Waals surface area contributed by atoms with Gasteiger partial charge in [0.25, 0.3) is 0 Å². The number of aliphatic hydroxyl groups excluding tert-OH is 1. The van der Waals surface area contributed by atoms with Crippen LogP contribution in [0.1, 0.15) is 23.2 Å². The van der Waals surface area contributed by atoms with Gasteiger partial charge in [0.2, 0.25) is 0 Å². The van der Waals surface area contributed by atoms with Crippen molar-refractivity contribution < 1.29 is 14.3 Å². The third kappa shape index (κ3) is 2.91. The van der Waals surface area contributed by atoms with Gasteiger partial charge in [0.15, 0.2) is 5.78 Å². The van der Waals surface area contributed by atoms with Gasteiger partial charge in [-0.2, -0.15) is 0 Å². The zero-order valence-corrected chi connectivity index (χ0v) is 7.03. The maximum absolute atomic E-state index is 12.6. The van der Waals surface area contributed by atoms with Crippen molar-refractivity contribution in [2.24, 2.45) is 0 Å². The molecule has 0 aliphatic carbocycles. The minimum atomic E-state index is -0.519. The molecule has 1 aromatic rings. The highest BCUT2D eigenvalue weighted by atomic mass is 19.1. The van der Waals surface area contributed by atoms with Gasteiger partial charge in [-0.25, -0.2) is 4.39 Å². The second-order valence-electron chi connectivity index (χ2n) is 2.64. The Kier molecular flexibility index (Phi) is 3.52. The summed E-state index contributed by atoms with van der Waals surface area (Å²) in [5, 5.41) is 8.47. The molecule has 0 atom stereocenters. The summed E-state index contributed by atoms with van der Waals surface area (Å²) in [5.41, 5.74) is 0.258. The first-order valence-electron chi connectivity index (χ1n) is 3.98. The maximum Gasteiger partial charge on any atom is 0.164 e. The average molecular weight is 183 g/mol. The van der Waals surface area contributed by atoms with Crippen LogP contribution in [0.25, 0.3) is 0 Å². The van der Waals surface area contributed by atoms with E-state index in [-0.39, 0.29) is 24.4 Å². The summed E-state index contributed by atoms with van der Waals surface area (Å²) in [6.45, 7) is -0.0332. The molecule has 0 fully saturated rings. The molecule has 0 unspecified atom stereocenters. The third-order valence-corrected chi connectivity index (χ3v) is 1.59. The van der Waals surface area contributed by atoms with E-state index in [2.05, 4.69) is 4.98 Å². The van der Waals surface area contributed by atoms with Crippen molar-refractivity contribution in [3.63, 3.8) is 0 Å². The number of nitrogens with zero attached hydrogens (tertiary/aromatic N) is 1. The van der Waals surface area contributed by atoms with Gasteiger partial charge in [-0.1, -0.05) is 0 Å². The van der Waals surface area contributed by atoms with Crippen LogP contribution in [0.3, 0.4) is 0 Å². The van der Waals surface area contributed by atoms with Crippen molar-refractivity contribution in [1.82, 2.24) is 4.98 Å². The highest BCUT2D eigenvalue weighted by Gasteiger charge is 2.06. The zero-order chi connectivity index (χ0) is 9.68. The van der Waals surface area contributed by atoms with E-state index in [1.54, 1.807) is 0 Å². The lowest BCUT2D eigenvalue weighted by Crippen LogP contribution is -2.01. The van der Waals surface area contributed by atoms with E-state index >= 15 is 0 Å². The summed E-state index contributed by atoms with van der Waals surface area (Å²) in [7, 11) is 0. The number of carbonyl (C=O) groups excluding carboxylic acids is 1. The van der Waals surface area contributed by atoms with Gasteiger partial charge in [0, 0.05) is 24.8 Å². The molecule has 1 heterocycles. The Morgan fingerprint density at radius 1 is 1.54 bits per heavy atom. The van der Waals surface area contributed by atoms with E-state index < -0.39 is 5.82 Å². The van der Waals surface area contributed by atoms with Crippen molar-refractivity contribution in [3.8, 4) is 0 Å². The monoisotopic (exact) mass is 183 g/mol. The predicted molar refractivity (Wildman–Crippen MR) is 44.8 cm³/mol. The lowest BCUT2D eigenvalue weighted by molar-refractivity contribution is 0.0970. The molecule has 1 rings (SSSR count). The van der Waals surface area contributed by atoms with E-state index in [1.165, 1.54) is 6.20 Å². The first-order chi connectivity index (χ1) is 6.24. The standard InChI is InChI=1S/C9H10FNO2/c10-8-4-7(5-11-6-8)9(13)2-1-3-12/h4-6,12H,1-3H2. The van der Waals surface area contributed by atoms with Crippen LogP contribution in [0.5, 0.6) is 0 Å². The second-order valence-corrected chi connectivity index (χ2v) is 2.64. The number of aliphatic hydroxyl groups is 1. The molecule has 0 saturated heterocycles. The number of Topliss-reactive ketones (excluding diaryl/α,β-unsaturated/α-hetero) is 1. The summed E-state index contributed by atoms with van der Waals surface area (Å²) in [5.74, 6) is -0.712. The molecular weight excluding hydrogens is 173 g/mol. The fraction of sp³-hybridized carbons (Fsp3) is 0.333. The van der Waals surface area contributed by atoms with Crippen molar-refractivity contribution in [3.05, 3.63) is 29.8 Å². The molecule has 0 saturated carbocycles. The van der Waals surface area contributed by atoms with Crippen LogP contribution in [0.15, 0.2) is 18.5 Å². The lowest BCUT2D eigenvalue weighted by Gasteiger charge is -1.98. The quantitative estimate of drug-likeness (QED) is 0.713. The summed E-state index contributed by atoms with van der Waals surface area (Å²) in [6, 6.07) is 1.15. The number of rotatable bonds is 4. The van der Waals surface area contributed by atoms with E-state index in [4.69, 9.17) is 5.11 Å². The fourth-order valence-corrected chi connectivity index (χ4v) is 0.948. The predicted octanol–water partition coefficient (Wildman–Crippen LogP) is 1.18. The van der Waals surface area contributed by atoms with Crippen LogP contribution in [-0.2, 0) is 0 Å². The maximum atomic E-state index is 12.6. The Balaban J connectivity index is 2.66. The van der Waals surface area contributed by atoms with Crippen LogP contribution in [0.2, 0.25) is 0 Å². The largest absolute Gasteiger partial charge is 0.396 e. The smallest absolute Gasteiger partial charge is 0.164 e. The van der Waals surface area contributed by atoms with E-state index in [9.17, 15) is 9.18 Å². The van der Waals surface area contributed by atoms with Gasteiger partial charge in [-0.15, -0.1) is 0 Å². The number of hydrogen-bond acceptors (Lipinski definition) is 3. The summed E-state index contributed by atoms with van der Waals surface area (Å²) < 4.78 is 12.6. The second kappa shape index (κ2) is 4.67. The molecule has 0 bridgehead atoms. The van der Waals surface area contributed by atoms with Gasteiger partial charge in [0.05, 0.1) is 6.20 Å². The molecule has 13 heavy (non-hydrogen) atoms. The Bertz CT molecular complexity index is 301. The Hall–Kier alpha value is -1.29. The number of halogens is 1. The van der Waals surface area contributed by atoms with Crippen molar-refractivity contribution in [2.45, 2.75) is 12.8 Å². The van der Waals surface area contributed by atoms with Crippen LogP contribution in [0.4, 0.5) is 4.39 Å². The summed E-state index contributed by atoms with van der Waals surface area (Å²) in [6.07, 6.45) is 2.99. The summed E-state index contributed by atoms with van der Waals surface area (Å²) >= 11 is 0. The first kappa shape index (κ1) is 9.80. The molecule has 0 radical (unpaired) electrons. The highest BCUT2D eigenvalue weighted by molar-refractivity contribution is 5.95. The minimum Gasteiger partial charge on any atom is -0.396 e. The van der Waals surface area contributed by atoms with Gasteiger partial charge < -0.3 is 5.11 Å². The number of ketones is 1. The Morgan fingerprint density at radius 3 is 2.92 bits per heavy atom. The Morgan fingerprint density at radius 2 is 2.31 bits per heavy atom. The molecule has 1 N–H and O–H groups in total. The highest BCUT2D eigenvalue weighted by Crippen LogP contribution is 2.05. The molecule has 0 spiro atoms. The molecule has 4 heteroatoms. The molecule has 3 nitrogen and oxygen atoms in total. The Labute approximate surface area is 75.2 Å². The average Bonchev–Trinajstić information content (AvgIpc) is 2.14. The molecule has 70 valence electrons. The topological polar surface area (TPSA) is 50.2 Å². The third-order valence-electron chi connectivity index (χ3n) is 1.59. The van der Waals surface area contributed by atoms with Crippen molar-refractivity contribution >= 4 is 5.78 Å². The number of aromatic nitrogens is 1. The molecule has 0 aliphatic heterocycles. The molecule has 0 amide bonds. The lowest BCUT2D eigenvalue weighted by atomic mass is 10.1. The fourth-order valence-electron chi connectivity index (χ4n) is 0.948. The van der Waals surface area contributed by atoms with Gasteiger partial charge in [0.1, 0.15) is 5.82 Å². The SMILES string of the molecule is O=C(CCCO)c1cncc(F)c1. The van der Waals surface area contributed by atoms with Gasteiger partial charge in [-0.05, 0) is 12.5 Å². The minimum absolute atomic E-state index is 0.0332. The summed E-state index contributed by atoms with van der Waals surface area (Å²) in [4.78, 5) is 14.8. The molecule has 0 aliphatic rings. The van der Waals surface area contributed by atoms with Gasteiger partial charge >= 0.3 is 0 Å². The van der Waals surface area contributed by atoms with Crippen LogP contribution < -0.4 is 0 Å². The van der Waals surface area contributed by atoms with Crippen LogP contribution >= 0.6 is 0 Å². The zero-order valence-electron chi connectivity index (χ0n) is 7.03. The molecule has 1 aromatic heterocycles.